The van der Waals surface area contributed by atoms with Gasteiger partial charge >= 0.3 is 6.09 Å². The van der Waals surface area contributed by atoms with Crippen LogP contribution in [0.15, 0.2) is 17.5 Å². The average Bonchev–Trinajstić information content (AvgIpc) is 3.43. The van der Waals surface area contributed by atoms with Gasteiger partial charge in [-0.3, -0.25) is 0 Å². The summed E-state index contributed by atoms with van der Waals surface area (Å²) in [6.07, 6.45) is 11.9. The number of hydrogen-bond donors (Lipinski definition) is 1. The first-order valence-corrected chi connectivity index (χ1v) is 13.1. The minimum atomic E-state index is -0.483. The molecule has 190 valence electrons. The van der Waals surface area contributed by atoms with E-state index in [1.54, 1.807) is 0 Å². The molecule has 1 N–H and O–H groups in total. The minimum Gasteiger partial charge on any atom is -0.444 e. The molecule has 2 aromatic rings. The summed E-state index contributed by atoms with van der Waals surface area (Å²) in [7, 11) is 0. The number of carbonyl (C=O) groups is 1. The number of aryl methyl sites for hydroxylation is 1. The Kier molecular flexibility index (Phi) is 6.36. The molecule has 35 heavy (non-hydrogen) atoms. The maximum atomic E-state index is 12.5. The van der Waals surface area contributed by atoms with Crippen LogP contribution in [-0.2, 0) is 16.1 Å². The molecule has 2 aliphatic heterocycles. The number of fused-ring (bicyclic) bond motifs is 1. The van der Waals surface area contributed by atoms with Crippen molar-refractivity contribution in [1.29, 1.82) is 0 Å². The number of anilines is 1. The Bertz CT molecular complexity index is 1100. The first-order valence-electron chi connectivity index (χ1n) is 13.1. The normalized spacial score (nSPS) is 20.7. The summed E-state index contributed by atoms with van der Waals surface area (Å²) in [5.41, 5.74) is 3.25. The zero-order chi connectivity index (χ0) is 24.6. The Balaban J connectivity index is 1.36. The molecule has 1 amide bonds. The van der Waals surface area contributed by atoms with E-state index in [0.717, 1.165) is 66.6 Å². The molecule has 4 heterocycles. The number of aromatic nitrogens is 3. The van der Waals surface area contributed by atoms with Crippen LogP contribution >= 0.6 is 0 Å². The molecule has 1 aliphatic carbocycles. The third-order valence-electron chi connectivity index (χ3n) is 7.38. The molecule has 9 heteroatoms. The van der Waals surface area contributed by atoms with Crippen LogP contribution in [0, 0.1) is 0 Å². The highest BCUT2D eigenvalue weighted by Crippen LogP contribution is 2.41. The number of pyridine rings is 1. The average molecular weight is 483 g/mol. The third kappa shape index (κ3) is 4.95. The first-order chi connectivity index (χ1) is 16.8. The second-order valence-electron chi connectivity index (χ2n) is 11.2. The number of hydrogen-bond acceptors (Lipinski definition) is 7. The molecule has 2 fully saturated rings. The molecule has 5 rings (SSSR count). The number of ether oxygens (including phenoxy) is 1. The summed E-state index contributed by atoms with van der Waals surface area (Å²) in [6.45, 7) is 9.87. The fraction of sp³-hybridized carbons (Fsp3) is 0.692. The molecule has 9 nitrogen and oxygen atoms in total. The van der Waals surface area contributed by atoms with Crippen LogP contribution in [0.5, 0.6) is 0 Å². The van der Waals surface area contributed by atoms with Crippen molar-refractivity contribution in [2.24, 2.45) is 5.16 Å². The zero-order valence-electron chi connectivity index (χ0n) is 21.5. The van der Waals surface area contributed by atoms with Gasteiger partial charge in [0.05, 0.1) is 23.0 Å². The lowest BCUT2D eigenvalue weighted by atomic mass is 9.80. The van der Waals surface area contributed by atoms with Crippen molar-refractivity contribution < 1.29 is 14.4 Å². The molecule has 2 aromatic heterocycles. The van der Waals surface area contributed by atoms with Crippen LogP contribution < -0.4 is 5.32 Å². The molecular formula is C26H38N6O3. The van der Waals surface area contributed by atoms with Crippen molar-refractivity contribution in [3.63, 3.8) is 0 Å². The van der Waals surface area contributed by atoms with Crippen molar-refractivity contribution in [2.75, 3.05) is 18.4 Å². The fourth-order valence-electron chi connectivity index (χ4n) is 5.50. The standard InChI is InChI=1S/C26H38N6O3/c1-5-32-23-20(17-28-32)22(29-18-9-13-31(14-10-18)24(33)34-25(2,3)4)19(16-27-23)21-15-26(35-30-21)11-7-6-8-12-26/h16-18H,5-15H2,1-4H3,(H,27,29). The summed E-state index contributed by atoms with van der Waals surface area (Å²) in [5, 5.41) is 13.9. The second kappa shape index (κ2) is 9.32. The number of nitrogens with zero attached hydrogens (tertiary/aromatic N) is 5. The second-order valence-corrected chi connectivity index (χ2v) is 11.2. The lowest BCUT2D eigenvalue weighted by Gasteiger charge is -2.34. The lowest BCUT2D eigenvalue weighted by Crippen LogP contribution is -2.44. The molecule has 0 bridgehead atoms. The van der Waals surface area contributed by atoms with Gasteiger partial charge < -0.3 is 19.8 Å². The van der Waals surface area contributed by atoms with Crippen LogP contribution in [0.4, 0.5) is 10.5 Å². The van der Waals surface area contributed by atoms with Gasteiger partial charge in [-0.1, -0.05) is 11.6 Å². The van der Waals surface area contributed by atoms with Crippen molar-refractivity contribution in [3.05, 3.63) is 18.0 Å². The van der Waals surface area contributed by atoms with Gasteiger partial charge in [0.15, 0.2) is 5.65 Å². The summed E-state index contributed by atoms with van der Waals surface area (Å²) in [5.74, 6) is 0. The highest BCUT2D eigenvalue weighted by Gasteiger charge is 2.41. The lowest BCUT2D eigenvalue weighted by molar-refractivity contribution is -0.0449. The van der Waals surface area contributed by atoms with Crippen molar-refractivity contribution >= 4 is 28.5 Å². The zero-order valence-corrected chi connectivity index (χ0v) is 21.5. The molecule has 1 spiro atoms. The number of oxime groups is 1. The quantitative estimate of drug-likeness (QED) is 0.652. The van der Waals surface area contributed by atoms with Crippen molar-refractivity contribution in [1.82, 2.24) is 19.7 Å². The predicted molar refractivity (Wildman–Crippen MR) is 136 cm³/mol. The number of likely N-dealkylation sites (tertiary alicyclic amines) is 1. The van der Waals surface area contributed by atoms with Gasteiger partial charge in [0.1, 0.15) is 11.2 Å². The third-order valence-corrected chi connectivity index (χ3v) is 7.38. The van der Waals surface area contributed by atoms with Gasteiger partial charge in [0.2, 0.25) is 0 Å². The SMILES string of the molecule is CCn1ncc2c(NC3CCN(C(=O)OC(C)(C)C)CC3)c(C3=NOC4(CCCCC4)C3)cnc21. The highest BCUT2D eigenvalue weighted by atomic mass is 16.7. The van der Waals surface area contributed by atoms with E-state index in [-0.39, 0.29) is 17.7 Å². The molecular weight excluding hydrogens is 444 g/mol. The van der Waals surface area contributed by atoms with E-state index in [1.807, 2.05) is 42.7 Å². The molecule has 0 aromatic carbocycles. The molecule has 3 aliphatic rings. The van der Waals surface area contributed by atoms with Gasteiger partial charge in [-0.05, 0) is 66.2 Å². The van der Waals surface area contributed by atoms with Gasteiger partial charge in [0.25, 0.3) is 0 Å². The molecule has 1 saturated heterocycles. The summed E-state index contributed by atoms with van der Waals surface area (Å²) in [6, 6.07) is 0.231. The Morgan fingerprint density at radius 3 is 2.63 bits per heavy atom. The van der Waals surface area contributed by atoms with Crippen molar-refractivity contribution in [2.45, 2.75) is 103 Å². The van der Waals surface area contributed by atoms with E-state index in [0.29, 0.717) is 13.1 Å². The van der Waals surface area contributed by atoms with Crippen LogP contribution in [-0.4, -0.2) is 61.8 Å². The first kappa shape index (κ1) is 23.9. The van der Waals surface area contributed by atoms with E-state index >= 15 is 0 Å². The highest BCUT2D eigenvalue weighted by molar-refractivity contribution is 6.10. The van der Waals surface area contributed by atoms with Gasteiger partial charge in [-0.15, -0.1) is 0 Å². The number of nitrogens with one attached hydrogen (secondary N) is 1. The predicted octanol–water partition coefficient (Wildman–Crippen LogP) is 5.09. The smallest absolute Gasteiger partial charge is 0.410 e. The van der Waals surface area contributed by atoms with Crippen LogP contribution in [0.2, 0.25) is 0 Å². The van der Waals surface area contributed by atoms with E-state index in [2.05, 4.69) is 22.5 Å². The topological polar surface area (TPSA) is 93.9 Å². The monoisotopic (exact) mass is 482 g/mol. The van der Waals surface area contributed by atoms with Gasteiger partial charge in [-0.2, -0.15) is 5.10 Å². The largest absolute Gasteiger partial charge is 0.444 e. The van der Waals surface area contributed by atoms with Gasteiger partial charge in [-0.25, -0.2) is 14.5 Å². The Hall–Kier alpha value is -2.84. The maximum absolute atomic E-state index is 12.5. The summed E-state index contributed by atoms with van der Waals surface area (Å²) >= 11 is 0. The van der Waals surface area contributed by atoms with E-state index in [9.17, 15) is 4.79 Å². The van der Waals surface area contributed by atoms with Crippen LogP contribution in [0.25, 0.3) is 11.0 Å². The number of carbonyl (C=O) groups excluding carboxylic acids is 1. The Morgan fingerprint density at radius 2 is 1.94 bits per heavy atom. The molecule has 0 unspecified atom stereocenters. The molecule has 1 saturated carbocycles. The summed E-state index contributed by atoms with van der Waals surface area (Å²) < 4.78 is 7.48. The van der Waals surface area contributed by atoms with Crippen molar-refractivity contribution in [3.8, 4) is 0 Å². The number of piperidine rings is 1. The summed E-state index contributed by atoms with van der Waals surface area (Å²) in [4.78, 5) is 25.1. The Morgan fingerprint density at radius 1 is 1.20 bits per heavy atom. The number of amides is 1. The minimum absolute atomic E-state index is 0.147. The van der Waals surface area contributed by atoms with Crippen LogP contribution in [0.3, 0.4) is 0 Å². The fourth-order valence-corrected chi connectivity index (χ4v) is 5.50. The Labute approximate surface area is 207 Å². The van der Waals surface area contributed by atoms with E-state index in [1.165, 1.54) is 19.3 Å². The van der Waals surface area contributed by atoms with E-state index < -0.39 is 5.60 Å². The molecule has 0 radical (unpaired) electrons. The van der Waals surface area contributed by atoms with E-state index in [4.69, 9.17) is 14.6 Å². The molecule has 0 atom stereocenters. The maximum Gasteiger partial charge on any atom is 0.410 e. The van der Waals surface area contributed by atoms with Crippen LogP contribution in [0.1, 0.15) is 84.6 Å². The van der Waals surface area contributed by atoms with Gasteiger partial charge in [0, 0.05) is 43.9 Å². The number of rotatable bonds is 4.